The number of carbonyl (C=O) groups is 2. The van der Waals surface area contributed by atoms with Crippen LogP contribution >= 0.6 is 34.5 Å². The van der Waals surface area contributed by atoms with Crippen LogP contribution in [0.2, 0.25) is 10.0 Å². The second-order valence-electron chi connectivity index (χ2n) is 6.10. The molecule has 1 aromatic heterocycles. The fourth-order valence-corrected chi connectivity index (χ4v) is 5.10. The Labute approximate surface area is 181 Å². The van der Waals surface area contributed by atoms with Gasteiger partial charge in [-0.2, -0.15) is 0 Å². The molecule has 1 heterocycles. The summed E-state index contributed by atoms with van der Waals surface area (Å²) in [6.07, 6.45) is 1.50. The van der Waals surface area contributed by atoms with E-state index in [2.05, 4.69) is 9.71 Å². The first-order valence-electron chi connectivity index (χ1n) is 8.51. The Morgan fingerprint density at radius 1 is 1.21 bits per heavy atom. The minimum absolute atomic E-state index is 0.0455. The van der Waals surface area contributed by atoms with Gasteiger partial charge in [0.15, 0.2) is 0 Å². The molecule has 0 radical (unpaired) electrons. The van der Waals surface area contributed by atoms with E-state index in [-0.39, 0.29) is 44.8 Å². The molecule has 0 unspecified atom stereocenters. The Balaban J connectivity index is 1.73. The van der Waals surface area contributed by atoms with Crippen LogP contribution in [0.4, 0.5) is 0 Å². The number of hydrogen-bond acceptors (Lipinski definition) is 8. The van der Waals surface area contributed by atoms with Crippen LogP contribution in [0.25, 0.3) is 0 Å². The summed E-state index contributed by atoms with van der Waals surface area (Å²) in [5, 5.41) is 1.55. The van der Waals surface area contributed by atoms with Crippen LogP contribution in [0.1, 0.15) is 45.6 Å². The van der Waals surface area contributed by atoms with E-state index in [1.54, 1.807) is 12.3 Å². The summed E-state index contributed by atoms with van der Waals surface area (Å²) in [7, 11) is -3.89. The summed E-state index contributed by atoms with van der Waals surface area (Å²) in [5.41, 5.74) is 0.202. The number of benzene rings is 1. The highest BCUT2D eigenvalue weighted by Crippen LogP contribution is 2.31. The van der Waals surface area contributed by atoms with Crippen molar-refractivity contribution in [2.75, 3.05) is 6.61 Å². The van der Waals surface area contributed by atoms with Gasteiger partial charge in [-0.05, 0) is 31.9 Å². The van der Waals surface area contributed by atoms with Crippen molar-refractivity contribution >= 4 is 56.5 Å². The molecule has 0 saturated heterocycles. The first-order valence-corrected chi connectivity index (χ1v) is 11.6. The Hall–Kier alpha value is -1.72. The highest BCUT2D eigenvalue weighted by molar-refractivity contribution is 7.89. The Morgan fingerprint density at radius 3 is 2.59 bits per heavy atom. The molecule has 156 valence electrons. The number of halogens is 2. The molecule has 0 bridgehead atoms. The molecule has 0 atom stereocenters. The van der Waals surface area contributed by atoms with Crippen LogP contribution in [-0.4, -0.2) is 38.0 Å². The van der Waals surface area contributed by atoms with Gasteiger partial charge in [0.25, 0.3) is 0 Å². The van der Waals surface area contributed by atoms with E-state index in [1.807, 2.05) is 0 Å². The van der Waals surface area contributed by atoms with Crippen LogP contribution < -0.4 is 4.72 Å². The van der Waals surface area contributed by atoms with Gasteiger partial charge < -0.3 is 9.47 Å². The van der Waals surface area contributed by atoms with Crippen molar-refractivity contribution in [2.45, 2.75) is 37.3 Å². The fraction of sp³-hybridized carbons (Fsp3) is 0.353. The van der Waals surface area contributed by atoms with E-state index in [4.69, 9.17) is 32.7 Å². The molecule has 3 rings (SSSR count). The minimum Gasteiger partial charge on any atom is -0.461 e. The van der Waals surface area contributed by atoms with Crippen molar-refractivity contribution in [3.05, 3.63) is 43.8 Å². The SMILES string of the molecule is CCOC(=O)c1nc(COC(=O)c2cc(S(=O)(=O)NC3CC3)c(Cl)cc2Cl)cs1. The van der Waals surface area contributed by atoms with Gasteiger partial charge in [-0.1, -0.05) is 23.2 Å². The van der Waals surface area contributed by atoms with Crippen LogP contribution in [0.15, 0.2) is 22.4 Å². The zero-order chi connectivity index (χ0) is 21.2. The van der Waals surface area contributed by atoms with Gasteiger partial charge in [0.05, 0.1) is 27.9 Å². The lowest BCUT2D eigenvalue weighted by molar-refractivity contribution is 0.0468. The topological polar surface area (TPSA) is 112 Å². The molecule has 8 nitrogen and oxygen atoms in total. The van der Waals surface area contributed by atoms with Crippen molar-refractivity contribution in [1.29, 1.82) is 0 Å². The van der Waals surface area contributed by atoms with Gasteiger partial charge in [0.2, 0.25) is 15.0 Å². The number of aromatic nitrogens is 1. The maximum Gasteiger partial charge on any atom is 0.367 e. The molecule has 2 aromatic rings. The van der Waals surface area contributed by atoms with E-state index >= 15 is 0 Å². The molecule has 29 heavy (non-hydrogen) atoms. The molecule has 12 heteroatoms. The number of esters is 2. The Bertz CT molecular complexity index is 1050. The van der Waals surface area contributed by atoms with E-state index in [0.29, 0.717) is 5.69 Å². The number of nitrogens with zero attached hydrogens (tertiary/aromatic N) is 1. The van der Waals surface area contributed by atoms with Crippen molar-refractivity contribution < 1.29 is 27.5 Å². The molecule has 1 aliphatic carbocycles. The zero-order valence-corrected chi connectivity index (χ0v) is 18.3. The summed E-state index contributed by atoms with van der Waals surface area (Å²) in [5.74, 6) is -1.41. The maximum absolute atomic E-state index is 12.4. The van der Waals surface area contributed by atoms with Crippen molar-refractivity contribution in [1.82, 2.24) is 9.71 Å². The summed E-state index contributed by atoms with van der Waals surface area (Å²) in [6.45, 7) is 1.67. The largest absolute Gasteiger partial charge is 0.461 e. The maximum atomic E-state index is 12.4. The predicted octanol–water partition coefficient (Wildman–Crippen LogP) is 3.42. The first-order chi connectivity index (χ1) is 13.7. The second kappa shape index (κ2) is 8.97. The van der Waals surface area contributed by atoms with Gasteiger partial charge in [-0.15, -0.1) is 11.3 Å². The van der Waals surface area contributed by atoms with Crippen LogP contribution in [0, 0.1) is 0 Å². The normalized spacial score (nSPS) is 13.9. The lowest BCUT2D eigenvalue weighted by atomic mass is 10.2. The summed E-state index contributed by atoms with van der Waals surface area (Å²) >= 11 is 13.1. The van der Waals surface area contributed by atoms with E-state index in [9.17, 15) is 18.0 Å². The molecular formula is C17H16Cl2N2O6S2. The number of rotatable bonds is 8. The van der Waals surface area contributed by atoms with E-state index < -0.39 is 22.0 Å². The van der Waals surface area contributed by atoms with Crippen molar-refractivity contribution in [3.8, 4) is 0 Å². The molecule has 0 spiro atoms. The smallest absolute Gasteiger partial charge is 0.367 e. The van der Waals surface area contributed by atoms with E-state index in [0.717, 1.165) is 30.2 Å². The molecule has 1 N–H and O–H groups in total. The number of hydrogen-bond donors (Lipinski definition) is 1. The number of ether oxygens (including phenoxy) is 2. The molecule has 1 saturated carbocycles. The lowest BCUT2D eigenvalue weighted by Crippen LogP contribution is -2.26. The lowest BCUT2D eigenvalue weighted by Gasteiger charge is -2.11. The number of carbonyl (C=O) groups excluding carboxylic acids is 2. The van der Waals surface area contributed by atoms with Crippen LogP contribution in [-0.2, 0) is 26.1 Å². The van der Waals surface area contributed by atoms with Gasteiger partial charge in [-0.25, -0.2) is 27.7 Å². The van der Waals surface area contributed by atoms with Gasteiger partial charge >= 0.3 is 11.9 Å². The third-order valence-corrected chi connectivity index (χ3v) is 6.95. The highest BCUT2D eigenvalue weighted by Gasteiger charge is 2.30. The standard InChI is InChI=1S/C17H16Cl2N2O6S2/c1-2-26-17(23)15-20-10(8-28-15)7-27-16(22)11-5-14(13(19)6-12(11)18)29(24,25)21-9-3-4-9/h5-6,8-9,21H,2-4,7H2,1H3. The van der Waals surface area contributed by atoms with E-state index in [1.165, 1.54) is 6.07 Å². The quantitative estimate of drug-likeness (QED) is 0.578. The Kier molecular flexibility index (Phi) is 6.79. The van der Waals surface area contributed by atoms with Crippen molar-refractivity contribution in [3.63, 3.8) is 0 Å². The summed E-state index contributed by atoms with van der Waals surface area (Å²) < 4.78 is 37.4. The average Bonchev–Trinajstić information content (AvgIpc) is 3.31. The number of nitrogens with one attached hydrogen (secondary N) is 1. The number of sulfonamides is 1. The molecule has 1 fully saturated rings. The zero-order valence-electron chi connectivity index (χ0n) is 15.1. The molecule has 0 amide bonds. The average molecular weight is 479 g/mol. The fourth-order valence-electron chi connectivity index (χ4n) is 2.25. The highest BCUT2D eigenvalue weighted by atomic mass is 35.5. The minimum atomic E-state index is -3.89. The molecule has 1 aliphatic rings. The monoisotopic (exact) mass is 478 g/mol. The van der Waals surface area contributed by atoms with Crippen LogP contribution in [0.5, 0.6) is 0 Å². The van der Waals surface area contributed by atoms with Gasteiger partial charge in [0, 0.05) is 11.4 Å². The number of thiazole rings is 1. The van der Waals surface area contributed by atoms with Crippen molar-refractivity contribution in [2.24, 2.45) is 0 Å². The summed E-state index contributed by atoms with van der Waals surface area (Å²) in [6, 6.07) is 2.14. The van der Waals surface area contributed by atoms with Crippen LogP contribution in [0.3, 0.4) is 0 Å². The third kappa shape index (κ3) is 5.46. The Morgan fingerprint density at radius 2 is 1.93 bits per heavy atom. The molecular weight excluding hydrogens is 463 g/mol. The predicted molar refractivity (Wildman–Crippen MR) is 107 cm³/mol. The van der Waals surface area contributed by atoms with Gasteiger partial charge in [0.1, 0.15) is 11.5 Å². The first kappa shape index (κ1) is 22.0. The second-order valence-corrected chi connectivity index (χ2v) is 9.45. The molecule has 1 aromatic carbocycles. The summed E-state index contributed by atoms with van der Waals surface area (Å²) in [4.78, 5) is 27.8. The molecule has 0 aliphatic heterocycles. The third-order valence-electron chi connectivity index (χ3n) is 3.78. The van der Waals surface area contributed by atoms with Gasteiger partial charge in [-0.3, -0.25) is 0 Å².